The number of aromatic nitrogens is 1. The number of fused-ring (bicyclic) bond motifs is 1. The van der Waals surface area contributed by atoms with Crippen molar-refractivity contribution >= 4 is 34.5 Å². The van der Waals surface area contributed by atoms with E-state index in [0.29, 0.717) is 48.9 Å². The molecule has 0 radical (unpaired) electrons. The lowest BCUT2D eigenvalue weighted by atomic mass is 10.1. The number of pyridine rings is 1. The molecule has 3 amide bonds. The topological polar surface area (TPSA) is 128 Å². The molecule has 192 valence electrons. The minimum Gasteiger partial charge on any atom is -0.444 e. The number of nitrogens with one attached hydrogen (secondary N) is 2. The Morgan fingerprint density at radius 3 is 2.75 bits per heavy atom. The van der Waals surface area contributed by atoms with Crippen LogP contribution in [0.25, 0.3) is 10.9 Å². The summed E-state index contributed by atoms with van der Waals surface area (Å²) >= 11 is 0. The molecule has 1 aliphatic rings. The average molecular weight is 495 g/mol. The van der Waals surface area contributed by atoms with Crippen LogP contribution in [0.3, 0.4) is 0 Å². The molecule has 36 heavy (non-hydrogen) atoms. The summed E-state index contributed by atoms with van der Waals surface area (Å²) in [7, 11) is 1.94. The second kappa shape index (κ2) is 11.7. The third-order valence-corrected chi connectivity index (χ3v) is 5.87. The van der Waals surface area contributed by atoms with Gasteiger partial charge in [0.25, 0.3) is 5.91 Å². The minimum absolute atomic E-state index is 0.162. The average Bonchev–Trinajstić information content (AvgIpc) is 3.32. The van der Waals surface area contributed by atoms with Crippen LogP contribution in [0.5, 0.6) is 0 Å². The van der Waals surface area contributed by atoms with E-state index in [2.05, 4.69) is 21.7 Å². The number of ether oxygens (including phenoxy) is 1. The third kappa shape index (κ3) is 7.07. The highest BCUT2D eigenvalue weighted by Crippen LogP contribution is 2.23. The number of rotatable bonds is 8. The number of hydrogen-bond donors (Lipinski definition) is 2. The van der Waals surface area contributed by atoms with Crippen LogP contribution in [0.1, 0.15) is 50.4 Å². The number of nitriles is 1. The number of carbonyl (C=O) groups excluding carboxylic acids is 3. The Bertz CT molecular complexity index is 1150. The highest BCUT2D eigenvalue weighted by molar-refractivity contribution is 6.07. The van der Waals surface area contributed by atoms with Gasteiger partial charge in [0, 0.05) is 44.0 Å². The number of nitrogens with zero attached hydrogens (tertiary/aromatic N) is 4. The second-order valence-corrected chi connectivity index (χ2v) is 9.82. The fourth-order valence-electron chi connectivity index (χ4n) is 4.07. The van der Waals surface area contributed by atoms with Crippen molar-refractivity contribution in [2.45, 2.75) is 51.7 Å². The van der Waals surface area contributed by atoms with Crippen molar-refractivity contribution in [2.24, 2.45) is 0 Å². The summed E-state index contributed by atoms with van der Waals surface area (Å²) in [6.07, 6.45) is 3.29. The summed E-state index contributed by atoms with van der Waals surface area (Å²) in [4.78, 5) is 45.1. The molecule has 10 heteroatoms. The maximum atomic E-state index is 12.9. The van der Waals surface area contributed by atoms with Gasteiger partial charge in [-0.2, -0.15) is 5.26 Å². The molecule has 2 N–H and O–H groups in total. The largest absolute Gasteiger partial charge is 0.444 e. The summed E-state index contributed by atoms with van der Waals surface area (Å²) in [5.41, 5.74) is 1.45. The molecule has 1 aliphatic heterocycles. The number of likely N-dealkylation sites (tertiary alicyclic amines) is 1. The van der Waals surface area contributed by atoms with Gasteiger partial charge in [-0.1, -0.05) is 0 Å². The lowest BCUT2D eigenvalue weighted by Gasteiger charge is -2.22. The standard InChI is InChI=1S/C26H34N6O4/c1-26(2,3)36-25(35)29-11-6-13-31(4)18-8-9-22-21(15-18)20(10-12-28-22)24(34)30-17-23(33)32-14-5-7-19(32)16-27/h8-10,12,15,19H,5-7,11,13-14,17H2,1-4H3,(H,29,35)(H,30,34)/t19-/m0/s1. The molecule has 1 aromatic carbocycles. The Labute approximate surface area is 211 Å². The highest BCUT2D eigenvalue weighted by atomic mass is 16.6. The molecule has 10 nitrogen and oxygen atoms in total. The zero-order valence-electron chi connectivity index (χ0n) is 21.3. The summed E-state index contributed by atoms with van der Waals surface area (Å²) in [6, 6.07) is 9.02. The summed E-state index contributed by atoms with van der Waals surface area (Å²) in [5.74, 6) is -0.629. The molecule has 0 aliphatic carbocycles. The first-order valence-electron chi connectivity index (χ1n) is 12.1. The van der Waals surface area contributed by atoms with Gasteiger partial charge in [-0.3, -0.25) is 14.6 Å². The fraction of sp³-hybridized carbons (Fsp3) is 0.500. The molecule has 0 unspecified atom stereocenters. The van der Waals surface area contributed by atoms with E-state index < -0.39 is 17.7 Å². The first-order chi connectivity index (χ1) is 17.1. The maximum Gasteiger partial charge on any atom is 0.407 e. The van der Waals surface area contributed by atoms with Crippen molar-refractivity contribution in [3.05, 3.63) is 36.0 Å². The van der Waals surface area contributed by atoms with Crippen LogP contribution in [0, 0.1) is 11.3 Å². The normalized spacial score (nSPS) is 15.3. The lowest BCUT2D eigenvalue weighted by Crippen LogP contribution is -2.42. The van der Waals surface area contributed by atoms with Gasteiger partial charge in [0.05, 0.1) is 23.7 Å². The zero-order chi connectivity index (χ0) is 26.3. The molecule has 0 spiro atoms. The first-order valence-corrected chi connectivity index (χ1v) is 12.1. The number of benzene rings is 1. The Kier molecular flexibility index (Phi) is 8.69. The predicted octanol–water partition coefficient (Wildman–Crippen LogP) is 2.83. The van der Waals surface area contributed by atoms with E-state index in [1.54, 1.807) is 12.3 Å². The molecular formula is C26H34N6O4. The van der Waals surface area contributed by atoms with E-state index >= 15 is 0 Å². The Balaban J connectivity index is 1.60. The molecule has 1 saturated heterocycles. The maximum absolute atomic E-state index is 12.9. The zero-order valence-corrected chi connectivity index (χ0v) is 21.3. The number of anilines is 1. The third-order valence-electron chi connectivity index (χ3n) is 5.87. The molecule has 2 heterocycles. The molecule has 0 bridgehead atoms. The van der Waals surface area contributed by atoms with Crippen LogP contribution in [0.15, 0.2) is 30.5 Å². The van der Waals surface area contributed by atoms with Gasteiger partial charge in [0.1, 0.15) is 11.6 Å². The van der Waals surface area contributed by atoms with Gasteiger partial charge >= 0.3 is 6.09 Å². The Morgan fingerprint density at radius 1 is 1.25 bits per heavy atom. The van der Waals surface area contributed by atoms with E-state index in [1.807, 2.05) is 50.9 Å². The second-order valence-electron chi connectivity index (χ2n) is 9.82. The van der Waals surface area contributed by atoms with Gasteiger partial charge < -0.3 is 25.2 Å². The van der Waals surface area contributed by atoms with E-state index in [4.69, 9.17) is 4.74 Å². The van der Waals surface area contributed by atoms with Crippen molar-refractivity contribution in [3.63, 3.8) is 0 Å². The van der Waals surface area contributed by atoms with Crippen LogP contribution in [-0.2, 0) is 9.53 Å². The molecule has 3 rings (SSSR count). The summed E-state index contributed by atoms with van der Waals surface area (Å²) < 4.78 is 5.24. The van der Waals surface area contributed by atoms with Crippen LogP contribution >= 0.6 is 0 Å². The van der Waals surface area contributed by atoms with E-state index in [1.165, 1.54) is 4.90 Å². The number of hydrogen-bond acceptors (Lipinski definition) is 7. The molecule has 2 aromatic rings. The molecule has 1 aromatic heterocycles. The van der Waals surface area contributed by atoms with Gasteiger partial charge in [-0.25, -0.2) is 4.79 Å². The van der Waals surface area contributed by atoms with E-state index in [0.717, 1.165) is 12.1 Å². The van der Waals surface area contributed by atoms with Crippen molar-refractivity contribution in [1.29, 1.82) is 5.26 Å². The van der Waals surface area contributed by atoms with Crippen LogP contribution in [0.4, 0.5) is 10.5 Å². The van der Waals surface area contributed by atoms with E-state index in [-0.39, 0.29) is 18.4 Å². The molecular weight excluding hydrogens is 460 g/mol. The smallest absolute Gasteiger partial charge is 0.407 e. The van der Waals surface area contributed by atoms with Crippen LogP contribution in [0.2, 0.25) is 0 Å². The molecule has 1 atom stereocenters. The van der Waals surface area contributed by atoms with Gasteiger partial charge in [0.2, 0.25) is 5.91 Å². The number of carbonyl (C=O) groups is 3. The van der Waals surface area contributed by atoms with Crippen molar-refractivity contribution in [1.82, 2.24) is 20.5 Å². The monoisotopic (exact) mass is 494 g/mol. The lowest BCUT2D eigenvalue weighted by molar-refractivity contribution is -0.130. The number of alkyl carbamates (subject to hydrolysis) is 1. The minimum atomic E-state index is -0.537. The van der Waals surface area contributed by atoms with Crippen molar-refractivity contribution in [3.8, 4) is 6.07 Å². The summed E-state index contributed by atoms with van der Waals surface area (Å²) in [6.45, 7) is 6.98. The van der Waals surface area contributed by atoms with Gasteiger partial charge in [-0.05, 0) is 64.3 Å². The Hall–Kier alpha value is -3.87. The van der Waals surface area contributed by atoms with Gasteiger partial charge in [-0.15, -0.1) is 0 Å². The number of amides is 3. The quantitative estimate of drug-likeness (QED) is 0.540. The van der Waals surface area contributed by atoms with Crippen LogP contribution in [-0.4, -0.2) is 72.7 Å². The highest BCUT2D eigenvalue weighted by Gasteiger charge is 2.28. The molecule has 1 fully saturated rings. The van der Waals surface area contributed by atoms with E-state index in [9.17, 15) is 19.6 Å². The van der Waals surface area contributed by atoms with Crippen molar-refractivity contribution in [2.75, 3.05) is 38.1 Å². The van der Waals surface area contributed by atoms with Gasteiger partial charge in [0.15, 0.2) is 0 Å². The Morgan fingerprint density at radius 2 is 2.03 bits per heavy atom. The molecule has 0 saturated carbocycles. The van der Waals surface area contributed by atoms with Crippen LogP contribution < -0.4 is 15.5 Å². The SMILES string of the molecule is CN(CCCNC(=O)OC(C)(C)C)c1ccc2nccc(C(=O)NCC(=O)N3CCC[C@H]3C#N)c2c1. The predicted molar refractivity (Wildman–Crippen MR) is 137 cm³/mol. The van der Waals surface area contributed by atoms with Crippen molar-refractivity contribution < 1.29 is 19.1 Å². The summed E-state index contributed by atoms with van der Waals surface area (Å²) in [5, 5.41) is 15.3. The first kappa shape index (κ1) is 26.7. The fourth-order valence-corrected chi connectivity index (χ4v) is 4.07.